The van der Waals surface area contributed by atoms with E-state index < -0.39 is 10.0 Å². The number of aryl methyl sites for hydroxylation is 1. The van der Waals surface area contributed by atoms with Crippen molar-refractivity contribution in [3.63, 3.8) is 0 Å². The third-order valence-electron chi connectivity index (χ3n) is 5.16. The maximum atomic E-state index is 12.3. The zero-order chi connectivity index (χ0) is 15.8. The molecule has 0 radical (unpaired) electrons. The second-order valence-corrected chi connectivity index (χ2v) is 8.86. The molecule has 3 heterocycles. The van der Waals surface area contributed by atoms with Gasteiger partial charge in [-0.15, -0.1) is 0 Å². The van der Waals surface area contributed by atoms with E-state index in [1.165, 1.54) is 0 Å². The monoisotopic (exact) mass is 326 g/mol. The van der Waals surface area contributed by atoms with Gasteiger partial charge in [0.15, 0.2) is 0 Å². The summed E-state index contributed by atoms with van der Waals surface area (Å²) >= 11 is 0. The largest absolute Gasteiger partial charge is 0.465 e. The lowest BCUT2D eigenvalue weighted by Crippen LogP contribution is -2.56. The highest BCUT2D eigenvalue weighted by Gasteiger charge is 2.46. The number of sulfonamides is 1. The van der Waals surface area contributed by atoms with Gasteiger partial charge in [-0.2, -0.15) is 0 Å². The van der Waals surface area contributed by atoms with Crippen LogP contribution in [0.5, 0.6) is 0 Å². The van der Waals surface area contributed by atoms with Crippen LogP contribution in [0.25, 0.3) is 0 Å². The Morgan fingerprint density at radius 2 is 1.95 bits per heavy atom. The van der Waals surface area contributed by atoms with Crippen molar-refractivity contribution >= 4 is 10.0 Å². The topological polar surface area (TPSA) is 53.8 Å². The minimum absolute atomic E-state index is 0.00118. The van der Waals surface area contributed by atoms with E-state index in [9.17, 15) is 8.42 Å². The van der Waals surface area contributed by atoms with E-state index in [0.717, 1.165) is 50.3 Å². The van der Waals surface area contributed by atoms with E-state index in [1.54, 1.807) is 11.2 Å². The van der Waals surface area contributed by atoms with Crippen LogP contribution in [0.3, 0.4) is 0 Å². The summed E-state index contributed by atoms with van der Waals surface area (Å²) in [6.45, 7) is 6.82. The predicted octanol–water partition coefficient (Wildman–Crippen LogP) is 2.37. The van der Waals surface area contributed by atoms with E-state index in [4.69, 9.17) is 4.42 Å². The molecule has 0 amide bonds. The molecule has 2 aliphatic heterocycles. The molecule has 0 bridgehead atoms. The molecule has 124 valence electrons. The van der Waals surface area contributed by atoms with Crippen LogP contribution in [0.1, 0.15) is 44.1 Å². The van der Waals surface area contributed by atoms with Crippen LogP contribution in [-0.4, -0.2) is 48.5 Å². The Balaban J connectivity index is 1.78. The summed E-state index contributed by atoms with van der Waals surface area (Å²) in [5.41, 5.74) is 0.00118. The maximum Gasteiger partial charge on any atom is 0.213 e. The number of likely N-dealkylation sites (tertiary alicyclic amines) is 1. The van der Waals surface area contributed by atoms with E-state index in [2.05, 4.69) is 4.90 Å². The first-order valence-corrected chi connectivity index (χ1v) is 9.84. The molecule has 2 aliphatic rings. The first-order chi connectivity index (χ1) is 10.5. The van der Waals surface area contributed by atoms with E-state index in [-0.39, 0.29) is 11.3 Å². The summed E-state index contributed by atoms with van der Waals surface area (Å²) in [5.74, 6) is 2.11. The quantitative estimate of drug-likeness (QED) is 0.852. The third-order valence-corrected chi connectivity index (χ3v) is 6.99. The summed E-state index contributed by atoms with van der Waals surface area (Å²) in [7, 11) is -3.09. The predicted molar refractivity (Wildman–Crippen MR) is 86.1 cm³/mol. The molecule has 1 aromatic rings. The second-order valence-electron chi connectivity index (χ2n) is 6.60. The lowest BCUT2D eigenvalue weighted by molar-refractivity contribution is 0.0624. The van der Waals surface area contributed by atoms with Crippen LogP contribution in [0.4, 0.5) is 0 Å². The maximum absolute atomic E-state index is 12.3. The number of piperidine rings is 1. The number of hydrogen-bond acceptors (Lipinski definition) is 4. The number of nitrogens with zero attached hydrogens (tertiary/aromatic N) is 2. The zero-order valence-corrected chi connectivity index (χ0v) is 14.4. The van der Waals surface area contributed by atoms with Gasteiger partial charge in [0.1, 0.15) is 11.5 Å². The van der Waals surface area contributed by atoms with Crippen molar-refractivity contribution in [1.82, 2.24) is 9.21 Å². The number of rotatable bonds is 4. The highest BCUT2D eigenvalue weighted by Crippen LogP contribution is 2.39. The molecular formula is C16H26N2O3S. The molecule has 1 unspecified atom stereocenters. The Labute approximate surface area is 133 Å². The Morgan fingerprint density at radius 3 is 2.59 bits per heavy atom. The smallest absolute Gasteiger partial charge is 0.213 e. The fraction of sp³-hybridized carbons (Fsp3) is 0.750. The fourth-order valence-electron chi connectivity index (χ4n) is 3.95. The van der Waals surface area contributed by atoms with Crippen LogP contribution < -0.4 is 0 Å². The summed E-state index contributed by atoms with van der Waals surface area (Å²) in [6.07, 6.45) is 4.26. The molecule has 2 saturated heterocycles. The van der Waals surface area contributed by atoms with Gasteiger partial charge in [-0.25, -0.2) is 12.7 Å². The lowest BCUT2D eigenvalue weighted by atomic mass is 9.87. The first-order valence-electron chi connectivity index (χ1n) is 8.23. The van der Waals surface area contributed by atoms with Gasteiger partial charge in [-0.3, -0.25) is 4.90 Å². The molecule has 5 nitrogen and oxygen atoms in total. The molecule has 2 fully saturated rings. The van der Waals surface area contributed by atoms with Crippen molar-refractivity contribution in [3.8, 4) is 0 Å². The van der Waals surface area contributed by atoms with Crippen molar-refractivity contribution in [3.05, 3.63) is 23.7 Å². The molecule has 6 heteroatoms. The van der Waals surface area contributed by atoms with Gasteiger partial charge < -0.3 is 4.42 Å². The van der Waals surface area contributed by atoms with Gasteiger partial charge in [0.25, 0.3) is 0 Å². The van der Waals surface area contributed by atoms with Crippen molar-refractivity contribution in [1.29, 1.82) is 0 Å². The standard InChI is InChI=1S/C16H26N2O3S/c1-3-22(19,20)18-11-5-9-16(13-18)8-4-10-17(16)12-15-7-6-14(2)21-15/h6-7H,3-5,8-13H2,1-2H3. The van der Waals surface area contributed by atoms with E-state index in [1.807, 2.05) is 19.1 Å². The SMILES string of the molecule is CCS(=O)(=O)N1CCCC2(CCCN2Cc2ccc(C)o2)C1. The van der Waals surface area contributed by atoms with Crippen LogP contribution in [0.15, 0.2) is 16.5 Å². The zero-order valence-electron chi connectivity index (χ0n) is 13.5. The summed E-state index contributed by atoms with van der Waals surface area (Å²) < 4.78 is 31.9. The molecule has 0 saturated carbocycles. The summed E-state index contributed by atoms with van der Waals surface area (Å²) in [6, 6.07) is 4.03. The van der Waals surface area contributed by atoms with Crippen molar-refractivity contribution in [2.45, 2.75) is 51.6 Å². The van der Waals surface area contributed by atoms with Gasteiger partial charge in [0.05, 0.1) is 12.3 Å². The molecule has 1 atom stereocenters. The Kier molecular flexibility index (Phi) is 4.36. The van der Waals surface area contributed by atoms with Crippen molar-refractivity contribution in [2.24, 2.45) is 0 Å². The van der Waals surface area contributed by atoms with Crippen LogP contribution >= 0.6 is 0 Å². The molecule has 0 aliphatic carbocycles. The second kappa shape index (κ2) is 5.98. The lowest BCUT2D eigenvalue weighted by Gasteiger charge is -2.45. The average Bonchev–Trinajstić information content (AvgIpc) is 3.07. The minimum atomic E-state index is -3.09. The van der Waals surface area contributed by atoms with Gasteiger partial charge in [0, 0.05) is 18.6 Å². The summed E-state index contributed by atoms with van der Waals surface area (Å²) in [5, 5.41) is 0. The molecule has 0 aromatic carbocycles. The van der Waals surface area contributed by atoms with Crippen molar-refractivity contribution < 1.29 is 12.8 Å². The van der Waals surface area contributed by atoms with Gasteiger partial charge in [0.2, 0.25) is 10.0 Å². The van der Waals surface area contributed by atoms with E-state index >= 15 is 0 Å². The fourth-order valence-corrected chi connectivity index (χ4v) is 5.16. The highest BCUT2D eigenvalue weighted by atomic mass is 32.2. The van der Waals surface area contributed by atoms with Gasteiger partial charge in [-0.1, -0.05) is 0 Å². The first kappa shape index (κ1) is 16.0. The average molecular weight is 326 g/mol. The van der Waals surface area contributed by atoms with Gasteiger partial charge >= 0.3 is 0 Å². The van der Waals surface area contributed by atoms with Crippen molar-refractivity contribution in [2.75, 3.05) is 25.4 Å². The number of hydrogen-bond donors (Lipinski definition) is 0. The van der Waals surface area contributed by atoms with Crippen LogP contribution in [0.2, 0.25) is 0 Å². The van der Waals surface area contributed by atoms with Crippen LogP contribution in [0, 0.1) is 6.92 Å². The molecular weight excluding hydrogens is 300 g/mol. The summed E-state index contributed by atoms with van der Waals surface area (Å²) in [4.78, 5) is 2.45. The molecule has 3 rings (SSSR count). The Morgan fingerprint density at radius 1 is 1.23 bits per heavy atom. The van der Waals surface area contributed by atoms with Crippen LogP contribution in [-0.2, 0) is 16.6 Å². The number of furan rings is 1. The Bertz CT molecular complexity index is 625. The minimum Gasteiger partial charge on any atom is -0.465 e. The normalized spacial score (nSPS) is 27.7. The Hall–Kier alpha value is -0.850. The third kappa shape index (κ3) is 2.96. The molecule has 22 heavy (non-hydrogen) atoms. The molecule has 1 aromatic heterocycles. The van der Waals surface area contributed by atoms with E-state index in [0.29, 0.717) is 13.1 Å². The molecule has 0 N–H and O–H groups in total. The van der Waals surface area contributed by atoms with Gasteiger partial charge in [-0.05, 0) is 58.2 Å². The molecule has 1 spiro atoms. The highest BCUT2D eigenvalue weighted by molar-refractivity contribution is 7.89.